The van der Waals surface area contributed by atoms with E-state index in [-0.39, 0.29) is 5.54 Å². The first-order chi connectivity index (χ1) is 7.04. The van der Waals surface area contributed by atoms with Crippen molar-refractivity contribution >= 4 is 0 Å². The lowest BCUT2D eigenvalue weighted by molar-refractivity contribution is 0.118. The van der Waals surface area contributed by atoms with Gasteiger partial charge in [-0.3, -0.25) is 4.90 Å². The van der Waals surface area contributed by atoms with Gasteiger partial charge in [0.25, 0.3) is 0 Å². The molecule has 0 atom stereocenters. The SMILES string of the molecule is CC(C)(C)N(CC#N)CC1CCCCC1. The molecule has 0 aromatic rings. The van der Waals surface area contributed by atoms with Crippen molar-refractivity contribution in [3.05, 3.63) is 0 Å². The molecule has 1 rings (SSSR count). The predicted octanol–water partition coefficient (Wildman–Crippen LogP) is 3.19. The van der Waals surface area contributed by atoms with Gasteiger partial charge in [0.05, 0.1) is 12.6 Å². The third kappa shape index (κ3) is 4.22. The summed E-state index contributed by atoms with van der Waals surface area (Å²) < 4.78 is 0. The second-order valence-electron chi connectivity index (χ2n) is 5.71. The smallest absolute Gasteiger partial charge is 0.0870 e. The fraction of sp³-hybridized carbons (Fsp3) is 0.923. The molecule has 0 spiro atoms. The zero-order valence-corrected chi connectivity index (χ0v) is 10.4. The molecule has 0 amide bonds. The van der Waals surface area contributed by atoms with Crippen LogP contribution in [0.3, 0.4) is 0 Å². The number of hydrogen-bond donors (Lipinski definition) is 0. The number of hydrogen-bond acceptors (Lipinski definition) is 2. The molecule has 0 bridgehead atoms. The molecule has 0 heterocycles. The summed E-state index contributed by atoms with van der Waals surface area (Å²) >= 11 is 0. The maximum absolute atomic E-state index is 8.84. The first-order valence-electron chi connectivity index (χ1n) is 6.16. The summed E-state index contributed by atoms with van der Waals surface area (Å²) in [6.07, 6.45) is 6.89. The average Bonchev–Trinajstić information content (AvgIpc) is 2.17. The fourth-order valence-electron chi connectivity index (χ4n) is 2.34. The highest BCUT2D eigenvalue weighted by molar-refractivity contribution is 4.86. The third-order valence-electron chi connectivity index (χ3n) is 3.41. The summed E-state index contributed by atoms with van der Waals surface area (Å²) in [6.45, 7) is 8.28. The first kappa shape index (κ1) is 12.5. The highest BCUT2D eigenvalue weighted by Crippen LogP contribution is 2.26. The first-order valence-corrected chi connectivity index (χ1v) is 6.16. The van der Waals surface area contributed by atoms with E-state index >= 15 is 0 Å². The lowest BCUT2D eigenvalue weighted by Crippen LogP contribution is -2.44. The standard InChI is InChI=1S/C13H24N2/c1-13(2,3)15(10-9-14)11-12-7-5-4-6-8-12/h12H,4-8,10-11H2,1-3H3. The molecule has 0 unspecified atom stereocenters. The minimum absolute atomic E-state index is 0.132. The number of nitriles is 1. The van der Waals surface area contributed by atoms with Crippen molar-refractivity contribution in [1.29, 1.82) is 5.26 Å². The lowest BCUT2D eigenvalue weighted by Gasteiger charge is -2.37. The van der Waals surface area contributed by atoms with Gasteiger partial charge in [0.15, 0.2) is 0 Å². The summed E-state index contributed by atoms with van der Waals surface area (Å²) in [5.41, 5.74) is 0.132. The van der Waals surface area contributed by atoms with Crippen molar-refractivity contribution in [2.24, 2.45) is 5.92 Å². The van der Waals surface area contributed by atoms with Gasteiger partial charge in [-0.2, -0.15) is 5.26 Å². The van der Waals surface area contributed by atoms with Crippen molar-refractivity contribution in [2.75, 3.05) is 13.1 Å². The zero-order valence-electron chi connectivity index (χ0n) is 10.4. The maximum Gasteiger partial charge on any atom is 0.0870 e. The van der Waals surface area contributed by atoms with Crippen molar-refractivity contribution in [3.8, 4) is 6.07 Å². The van der Waals surface area contributed by atoms with Gasteiger partial charge in [-0.1, -0.05) is 19.3 Å². The van der Waals surface area contributed by atoms with E-state index in [2.05, 4.69) is 31.7 Å². The third-order valence-corrected chi connectivity index (χ3v) is 3.41. The molecule has 2 heteroatoms. The van der Waals surface area contributed by atoms with Crippen molar-refractivity contribution in [1.82, 2.24) is 4.90 Å². The molecule has 0 aromatic carbocycles. The monoisotopic (exact) mass is 208 g/mol. The largest absolute Gasteiger partial charge is 0.285 e. The van der Waals surface area contributed by atoms with Gasteiger partial charge in [-0.15, -0.1) is 0 Å². The molecular weight excluding hydrogens is 184 g/mol. The van der Waals surface area contributed by atoms with Gasteiger partial charge < -0.3 is 0 Å². The number of rotatable bonds is 3. The average molecular weight is 208 g/mol. The van der Waals surface area contributed by atoms with Crippen LogP contribution in [0.15, 0.2) is 0 Å². The van der Waals surface area contributed by atoms with Crippen LogP contribution in [0.4, 0.5) is 0 Å². The van der Waals surface area contributed by atoms with E-state index in [1.54, 1.807) is 0 Å². The van der Waals surface area contributed by atoms with Gasteiger partial charge in [0.2, 0.25) is 0 Å². The Balaban J connectivity index is 2.46. The molecule has 1 fully saturated rings. The Bertz CT molecular complexity index is 216. The van der Waals surface area contributed by atoms with Crippen LogP contribution in [-0.2, 0) is 0 Å². The Hall–Kier alpha value is -0.550. The van der Waals surface area contributed by atoms with Crippen molar-refractivity contribution in [2.45, 2.75) is 58.4 Å². The van der Waals surface area contributed by atoms with Crippen LogP contribution in [0.1, 0.15) is 52.9 Å². The molecular formula is C13H24N2. The molecule has 1 saturated carbocycles. The maximum atomic E-state index is 8.84. The van der Waals surface area contributed by atoms with E-state index in [1.807, 2.05) is 0 Å². The minimum Gasteiger partial charge on any atom is -0.285 e. The van der Waals surface area contributed by atoms with Gasteiger partial charge in [0, 0.05) is 12.1 Å². The minimum atomic E-state index is 0.132. The Kier molecular flexibility index (Phi) is 4.60. The van der Waals surface area contributed by atoms with E-state index in [9.17, 15) is 0 Å². The second kappa shape index (κ2) is 5.51. The zero-order chi connectivity index (χ0) is 11.3. The lowest BCUT2D eigenvalue weighted by atomic mass is 9.88. The molecule has 1 aliphatic carbocycles. The Morgan fingerprint density at radius 3 is 2.27 bits per heavy atom. The highest BCUT2D eigenvalue weighted by Gasteiger charge is 2.24. The van der Waals surface area contributed by atoms with Crippen molar-refractivity contribution < 1.29 is 0 Å². The molecule has 2 nitrogen and oxygen atoms in total. The topological polar surface area (TPSA) is 27.0 Å². The van der Waals surface area contributed by atoms with Crippen LogP contribution in [0, 0.1) is 17.2 Å². The summed E-state index contributed by atoms with van der Waals surface area (Å²) in [4.78, 5) is 2.32. The van der Waals surface area contributed by atoms with E-state index in [0.717, 1.165) is 12.5 Å². The molecule has 86 valence electrons. The molecule has 0 N–H and O–H groups in total. The predicted molar refractivity (Wildman–Crippen MR) is 63.5 cm³/mol. The van der Waals surface area contributed by atoms with Gasteiger partial charge in [-0.25, -0.2) is 0 Å². The normalized spacial score (nSPS) is 19.1. The molecule has 1 aliphatic rings. The van der Waals surface area contributed by atoms with Gasteiger partial charge >= 0.3 is 0 Å². The Morgan fingerprint density at radius 2 is 1.80 bits per heavy atom. The highest BCUT2D eigenvalue weighted by atomic mass is 15.2. The van der Waals surface area contributed by atoms with Crippen LogP contribution in [-0.4, -0.2) is 23.5 Å². The van der Waals surface area contributed by atoms with E-state index < -0.39 is 0 Å². The Morgan fingerprint density at radius 1 is 1.20 bits per heavy atom. The summed E-state index contributed by atoms with van der Waals surface area (Å²) in [6, 6.07) is 2.29. The van der Waals surface area contributed by atoms with E-state index in [0.29, 0.717) is 6.54 Å². The Labute approximate surface area is 94.3 Å². The van der Waals surface area contributed by atoms with Gasteiger partial charge in [0.1, 0.15) is 0 Å². The summed E-state index contributed by atoms with van der Waals surface area (Å²) in [5.74, 6) is 0.825. The van der Waals surface area contributed by atoms with Crippen LogP contribution < -0.4 is 0 Å². The fourth-order valence-corrected chi connectivity index (χ4v) is 2.34. The van der Waals surface area contributed by atoms with Crippen LogP contribution in [0.5, 0.6) is 0 Å². The summed E-state index contributed by atoms with van der Waals surface area (Å²) in [5, 5.41) is 8.84. The summed E-state index contributed by atoms with van der Waals surface area (Å²) in [7, 11) is 0. The van der Waals surface area contributed by atoms with Crippen LogP contribution in [0.2, 0.25) is 0 Å². The molecule has 0 radical (unpaired) electrons. The van der Waals surface area contributed by atoms with E-state index in [4.69, 9.17) is 5.26 Å². The molecule has 0 aromatic heterocycles. The van der Waals surface area contributed by atoms with Crippen LogP contribution in [0.25, 0.3) is 0 Å². The van der Waals surface area contributed by atoms with Gasteiger partial charge in [-0.05, 0) is 39.5 Å². The quantitative estimate of drug-likeness (QED) is 0.666. The second-order valence-corrected chi connectivity index (χ2v) is 5.71. The number of nitrogens with zero attached hydrogens (tertiary/aromatic N) is 2. The molecule has 0 aliphatic heterocycles. The molecule has 15 heavy (non-hydrogen) atoms. The van der Waals surface area contributed by atoms with Crippen LogP contribution >= 0.6 is 0 Å². The molecule has 0 saturated heterocycles. The van der Waals surface area contributed by atoms with Crippen molar-refractivity contribution in [3.63, 3.8) is 0 Å². The van der Waals surface area contributed by atoms with E-state index in [1.165, 1.54) is 32.1 Å².